The molecule has 1 aromatic carbocycles. The van der Waals surface area contributed by atoms with E-state index in [9.17, 15) is 19.1 Å². The van der Waals surface area contributed by atoms with Gasteiger partial charge in [-0.1, -0.05) is 23.5 Å². The molecule has 2 aromatic rings. The second kappa shape index (κ2) is 12.9. The standard InChI is InChI=1S/C27H38FN5O3S/c1-18-25(19(2)35)37-27(29-18)31-26(36)30-24-17-32(12-13-34)11-9-22(24)16-33-10-3-4-21(15-33)14-20-5-7-23(28)8-6-20/h5-8,21-22,24,34H,3-4,9-17H2,1-2H3,(H2,29,30,31,36)/t21-,22-,24+/m0/s1. The number of ketones is 1. The highest BCUT2D eigenvalue weighted by molar-refractivity contribution is 7.17. The van der Waals surface area contributed by atoms with Crippen molar-refractivity contribution in [2.75, 3.05) is 51.2 Å². The quantitative estimate of drug-likeness (QED) is 0.428. The number of β-amino-alcohol motifs (C(OH)–C–C–N with tert-alkyl or cyclic N) is 1. The van der Waals surface area contributed by atoms with Crippen LogP contribution in [0.15, 0.2) is 24.3 Å². The van der Waals surface area contributed by atoms with E-state index in [2.05, 4.69) is 25.4 Å². The lowest BCUT2D eigenvalue weighted by Crippen LogP contribution is -2.56. The Morgan fingerprint density at radius 1 is 1.16 bits per heavy atom. The Balaban J connectivity index is 1.36. The SMILES string of the molecule is CC(=O)c1sc(NC(=O)N[C@@H]2CN(CCO)CC[C@H]2CN2CCC[C@@H](Cc3ccc(F)cc3)C2)nc1C. The molecule has 2 saturated heterocycles. The van der Waals surface area contributed by atoms with Crippen LogP contribution in [-0.4, -0.2) is 83.6 Å². The fraction of sp³-hybridized carbons (Fsp3) is 0.593. The first-order valence-electron chi connectivity index (χ1n) is 13.2. The number of halogens is 1. The van der Waals surface area contributed by atoms with Crippen molar-refractivity contribution in [1.29, 1.82) is 0 Å². The summed E-state index contributed by atoms with van der Waals surface area (Å²) in [4.78, 5) is 34.2. The number of amides is 2. The maximum absolute atomic E-state index is 13.3. The highest BCUT2D eigenvalue weighted by Crippen LogP contribution is 2.26. The molecule has 0 spiro atoms. The lowest BCUT2D eigenvalue weighted by Gasteiger charge is -2.42. The zero-order chi connectivity index (χ0) is 26.4. The van der Waals surface area contributed by atoms with Crippen LogP contribution in [0.1, 0.15) is 47.1 Å². The smallest absolute Gasteiger partial charge is 0.321 e. The minimum atomic E-state index is -0.322. The van der Waals surface area contributed by atoms with Crippen molar-refractivity contribution >= 4 is 28.3 Å². The number of thiazole rings is 1. The van der Waals surface area contributed by atoms with E-state index in [1.807, 2.05) is 12.1 Å². The molecule has 202 valence electrons. The lowest BCUT2D eigenvalue weighted by atomic mass is 9.87. The average molecular weight is 532 g/mol. The van der Waals surface area contributed by atoms with Gasteiger partial charge >= 0.3 is 6.03 Å². The van der Waals surface area contributed by atoms with Crippen LogP contribution in [0.25, 0.3) is 0 Å². The Labute approximate surface area is 222 Å². The number of carbonyl (C=O) groups is 2. The molecule has 3 N–H and O–H groups in total. The van der Waals surface area contributed by atoms with Gasteiger partial charge in [0.1, 0.15) is 5.82 Å². The number of hydrogen-bond donors (Lipinski definition) is 3. The van der Waals surface area contributed by atoms with Gasteiger partial charge in [0, 0.05) is 39.1 Å². The Bertz CT molecular complexity index is 1060. The normalized spacial score (nSPS) is 23.1. The fourth-order valence-corrected chi connectivity index (χ4v) is 6.50. The number of nitrogens with one attached hydrogen (secondary N) is 2. The predicted octanol–water partition coefficient (Wildman–Crippen LogP) is 3.55. The Morgan fingerprint density at radius 3 is 2.65 bits per heavy atom. The molecule has 0 radical (unpaired) electrons. The molecule has 1 aromatic heterocycles. The fourth-order valence-electron chi connectivity index (χ4n) is 5.64. The largest absolute Gasteiger partial charge is 0.395 e. The summed E-state index contributed by atoms with van der Waals surface area (Å²) in [6, 6.07) is 6.44. The van der Waals surface area contributed by atoms with Gasteiger partial charge < -0.3 is 15.3 Å². The number of Topliss-reactive ketones (excluding diaryl/α,β-unsaturated/α-hetero) is 1. The summed E-state index contributed by atoms with van der Waals surface area (Å²) in [5, 5.41) is 15.8. The number of aromatic nitrogens is 1. The van der Waals surface area contributed by atoms with Crippen LogP contribution in [0.2, 0.25) is 0 Å². The van der Waals surface area contributed by atoms with Crippen LogP contribution in [0.5, 0.6) is 0 Å². The first-order valence-corrected chi connectivity index (χ1v) is 14.0. The molecule has 2 aliphatic heterocycles. The molecule has 8 nitrogen and oxygen atoms in total. The summed E-state index contributed by atoms with van der Waals surface area (Å²) >= 11 is 1.19. The Morgan fingerprint density at radius 2 is 1.95 bits per heavy atom. The molecule has 0 bridgehead atoms. The topological polar surface area (TPSA) is 97.8 Å². The van der Waals surface area contributed by atoms with Gasteiger partial charge in [-0.3, -0.25) is 15.0 Å². The number of benzene rings is 1. The van der Waals surface area contributed by atoms with Gasteiger partial charge in [-0.2, -0.15) is 0 Å². The summed E-state index contributed by atoms with van der Waals surface area (Å²) in [5.41, 5.74) is 1.80. The van der Waals surface area contributed by atoms with E-state index in [-0.39, 0.29) is 36.2 Å². The molecule has 0 saturated carbocycles. The molecule has 2 fully saturated rings. The molecule has 4 rings (SSSR count). The first kappa shape index (κ1) is 27.6. The molecular weight excluding hydrogens is 493 g/mol. The minimum Gasteiger partial charge on any atom is -0.395 e. The van der Waals surface area contributed by atoms with Crippen molar-refractivity contribution in [2.24, 2.45) is 11.8 Å². The van der Waals surface area contributed by atoms with Crippen LogP contribution < -0.4 is 10.6 Å². The average Bonchev–Trinajstić information content (AvgIpc) is 3.22. The zero-order valence-electron chi connectivity index (χ0n) is 21.7. The van der Waals surface area contributed by atoms with Gasteiger partial charge in [0.2, 0.25) is 0 Å². The number of likely N-dealkylation sites (tertiary alicyclic amines) is 2. The third-order valence-electron chi connectivity index (χ3n) is 7.44. The van der Waals surface area contributed by atoms with Gasteiger partial charge in [-0.15, -0.1) is 0 Å². The number of nitrogens with zero attached hydrogens (tertiary/aromatic N) is 3. The lowest BCUT2D eigenvalue weighted by molar-refractivity contribution is 0.0814. The minimum absolute atomic E-state index is 0.0605. The summed E-state index contributed by atoms with van der Waals surface area (Å²) in [7, 11) is 0. The number of rotatable bonds is 9. The highest BCUT2D eigenvalue weighted by Gasteiger charge is 2.33. The predicted molar refractivity (Wildman–Crippen MR) is 144 cm³/mol. The third kappa shape index (κ3) is 7.80. The van der Waals surface area contributed by atoms with Gasteiger partial charge in [-0.25, -0.2) is 14.2 Å². The third-order valence-corrected chi connectivity index (χ3v) is 8.62. The van der Waals surface area contributed by atoms with E-state index in [0.717, 1.165) is 45.4 Å². The van der Waals surface area contributed by atoms with Crippen molar-refractivity contribution in [3.8, 4) is 0 Å². The van der Waals surface area contributed by atoms with Crippen molar-refractivity contribution in [2.45, 2.75) is 45.6 Å². The monoisotopic (exact) mass is 531 g/mol. The summed E-state index contributed by atoms with van der Waals surface area (Å²) in [6.45, 7) is 8.47. The van der Waals surface area contributed by atoms with E-state index < -0.39 is 0 Å². The van der Waals surface area contributed by atoms with Crippen molar-refractivity contribution in [3.63, 3.8) is 0 Å². The number of aliphatic hydroxyl groups is 1. The number of piperidine rings is 2. The molecule has 3 heterocycles. The Hall–Kier alpha value is -2.40. The van der Waals surface area contributed by atoms with Crippen LogP contribution in [0, 0.1) is 24.6 Å². The number of carbonyl (C=O) groups excluding carboxylic acids is 2. The maximum atomic E-state index is 13.3. The van der Waals surface area contributed by atoms with Crippen molar-refractivity contribution in [3.05, 3.63) is 46.2 Å². The van der Waals surface area contributed by atoms with E-state index >= 15 is 0 Å². The van der Waals surface area contributed by atoms with Crippen molar-refractivity contribution < 1.29 is 19.1 Å². The van der Waals surface area contributed by atoms with Crippen LogP contribution >= 0.6 is 11.3 Å². The molecule has 0 aliphatic carbocycles. The molecule has 37 heavy (non-hydrogen) atoms. The summed E-state index contributed by atoms with van der Waals surface area (Å²) in [5.74, 6) is 0.561. The second-order valence-electron chi connectivity index (χ2n) is 10.4. The number of urea groups is 1. The molecule has 2 amide bonds. The van der Waals surface area contributed by atoms with Gasteiger partial charge in [0.05, 0.1) is 17.2 Å². The second-order valence-corrected chi connectivity index (χ2v) is 11.4. The Kier molecular flexibility index (Phi) is 9.64. The van der Waals surface area contributed by atoms with E-state index in [1.165, 1.54) is 42.4 Å². The summed E-state index contributed by atoms with van der Waals surface area (Å²) in [6.07, 6.45) is 4.19. The summed E-state index contributed by atoms with van der Waals surface area (Å²) < 4.78 is 13.3. The van der Waals surface area contributed by atoms with Gasteiger partial charge in [0.25, 0.3) is 0 Å². The molecule has 10 heteroatoms. The highest BCUT2D eigenvalue weighted by atomic mass is 32.1. The van der Waals surface area contributed by atoms with E-state index in [1.54, 1.807) is 6.92 Å². The first-order chi connectivity index (χ1) is 17.8. The van der Waals surface area contributed by atoms with E-state index in [4.69, 9.17) is 0 Å². The van der Waals surface area contributed by atoms with Gasteiger partial charge in [0.15, 0.2) is 10.9 Å². The molecule has 3 atom stereocenters. The zero-order valence-corrected chi connectivity index (χ0v) is 22.5. The van der Waals surface area contributed by atoms with Crippen LogP contribution in [-0.2, 0) is 6.42 Å². The van der Waals surface area contributed by atoms with Crippen LogP contribution in [0.4, 0.5) is 14.3 Å². The number of aryl methyl sites for hydroxylation is 1. The number of aliphatic hydroxyl groups excluding tert-OH is 1. The van der Waals surface area contributed by atoms with E-state index in [0.29, 0.717) is 34.7 Å². The number of anilines is 1. The van der Waals surface area contributed by atoms with Crippen LogP contribution in [0.3, 0.4) is 0 Å². The maximum Gasteiger partial charge on any atom is 0.321 e. The molecule has 0 unspecified atom stereocenters. The molecule has 2 aliphatic rings. The number of hydrogen-bond acceptors (Lipinski definition) is 7. The van der Waals surface area contributed by atoms with Crippen molar-refractivity contribution in [1.82, 2.24) is 20.1 Å². The van der Waals surface area contributed by atoms with Gasteiger partial charge in [-0.05, 0) is 75.2 Å². The molecular formula is C27H38FN5O3S.